The van der Waals surface area contributed by atoms with Gasteiger partial charge in [-0.2, -0.15) is 5.10 Å². The quantitative estimate of drug-likeness (QED) is 0.859. The molecule has 1 amide bonds. The Bertz CT molecular complexity index is 748. The Balaban J connectivity index is 1.92. The van der Waals surface area contributed by atoms with E-state index in [1.165, 1.54) is 4.68 Å². The van der Waals surface area contributed by atoms with Crippen molar-refractivity contribution >= 4 is 5.91 Å². The van der Waals surface area contributed by atoms with Crippen LogP contribution in [0.1, 0.15) is 37.1 Å². The zero-order valence-corrected chi connectivity index (χ0v) is 13.6. The molecule has 0 radical (unpaired) electrons. The Hall–Kier alpha value is -2.37. The van der Waals surface area contributed by atoms with Crippen LogP contribution >= 0.6 is 0 Å². The van der Waals surface area contributed by atoms with Crippen LogP contribution in [0.25, 0.3) is 0 Å². The molecule has 1 aromatic heterocycles. The van der Waals surface area contributed by atoms with Gasteiger partial charge < -0.3 is 4.90 Å². The first-order chi connectivity index (χ1) is 11.1. The van der Waals surface area contributed by atoms with Crippen LogP contribution in [-0.4, -0.2) is 38.2 Å². The Morgan fingerprint density at radius 3 is 2.74 bits per heavy atom. The predicted molar refractivity (Wildman–Crippen MR) is 87.2 cm³/mol. The van der Waals surface area contributed by atoms with Gasteiger partial charge in [0.1, 0.15) is 5.82 Å². The maximum Gasteiger partial charge on any atom is 0.345 e. The van der Waals surface area contributed by atoms with Gasteiger partial charge in [-0.15, -0.1) is 0 Å². The number of aromatic nitrogens is 3. The van der Waals surface area contributed by atoms with Crippen LogP contribution in [0.3, 0.4) is 0 Å². The van der Waals surface area contributed by atoms with E-state index in [1.54, 1.807) is 18.5 Å². The SMILES string of the molecule is CC(=O)N1CCCC(c2nn(C)c(=O)n2Cc2ccccc2)C1. The minimum atomic E-state index is -0.108. The maximum absolute atomic E-state index is 12.4. The van der Waals surface area contributed by atoms with Gasteiger partial charge in [0.25, 0.3) is 0 Å². The average Bonchev–Trinajstić information content (AvgIpc) is 2.84. The third kappa shape index (κ3) is 3.21. The Morgan fingerprint density at radius 1 is 1.30 bits per heavy atom. The number of likely N-dealkylation sites (tertiary alicyclic amines) is 1. The second-order valence-corrected chi connectivity index (χ2v) is 6.14. The lowest BCUT2D eigenvalue weighted by Crippen LogP contribution is -2.38. The van der Waals surface area contributed by atoms with Crippen molar-refractivity contribution < 1.29 is 4.79 Å². The molecule has 3 rings (SSSR count). The van der Waals surface area contributed by atoms with E-state index in [0.29, 0.717) is 13.1 Å². The van der Waals surface area contributed by atoms with Crippen molar-refractivity contribution in [3.63, 3.8) is 0 Å². The number of aryl methyl sites for hydroxylation is 1. The van der Waals surface area contributed by atoms with E-state index >= 15 is 0 Å². The minimum Gasteiger partial charge on any atom is -0.342 e. The summed E-state index contributed by atoms with van der Waals surface area (Å²) in [5, 5.41) is 4.45. The van der Waals surface area contributed by atoms with Gasteiger partial charge >= 0.3 is 5.69 Å². The third-order valence-corrected chi connectivity index (χ3v) is 4.45. The highest BCUT2D eigenvalue weighted by Gasteiger charge is 2.28. The van der Waals surface area contributed by atoms with Crippen molar-refractivity contribution in [2.75, 3.05) is 13.1 Å². The zero-order valence-electron chi connectivity index (χ0n) is 13.6. The lowest BCUT2D eigenvalue weighted by molar-refractivity contribution is -0.130. The van der Waals surface area contributed by atoms with Crippen molar-refractivity contribution in [3.8, 4) is 0 Å². The molecule has 1 atom stereocenters. The molecule has 1 fully saturated rings. The van der Waals surface area contributed by atoms with Crippen LogP contribution in [-0.2, 0) is 18.4 Å². The molecule has 1 aliphatic rings. The highest BCUT2D eigenvalue weighted by Crippen LogP contribution is 2.25. The molecule has 1 aromatic carbocycles. The lowest BCUT2D eigenvalue weighted by Gasteiger charge is -2.31. The molecule has 122 valence electrons. The van der Waals surface area contributed by atoms with Crippen LogP contribution in [0, 0.1) is 0 Å². The van der Waals surface area contributed by atoms with Gasteiger partial charge in [-0.25, -0.2) is 9.48 Å². The highest BCUT2D eigenvalue weighted by atomic mass is 16.2. The van der Waals surface area contributed by atoms with Crippen molar-refractivity contribution in [3.05, 3.63) is 52.2 Å². The monoisotopic (exact) mass is 314 g/mol. The fourth-order valence-corrected chi connectivity index (χ4v) is 3.21. The van der Waals surface area contributed by atoms with E-state index in [-0.39, 0.29) is 17.5 Å². The number of piperidine rings is 1. The van der Waals surface area contributed by atoms with Gasteiger partial charge in [-0.05, 0) is 18.4 Å². The molecule has 6 nitrogen and oxygen atoms in total. The molecule has 1 saturated heterocycles. The molecule has 0 spiro atoms. The standard InChI is InChI=1S/C17H22N4O2/c1-13(22)20-10-6-9-15(12-20)16-18-19(2)17(23)21(16)11-14-7-4-3-5-8-14/h3-5,7-8,15H,6,9-12H2,1-2H3. The number of benzene rings is 1. The van der Waals surface area contributed by atoms with Crippen molar-refractivity contribution in [1.82, 2.24) is 19.2 Å². The first-order valence-corrected chi connectivity index (χ1v) is 7.99. The number of hydrogen-bond acceptors (Lipinski definition) is 3. The largest absolute Gasteiger partial charge is 0.345 e. The van der Waals surface area contributed by atoms with Crippen LogP contribution in [0.4, 0.5) is 0 Å². The van der Waals surface area contributed by atoms with E-state index in [1.807, 2.05) is 35.2 Å². The summed E-state index contributed by atoms with van der Waals surface area (Å²) in [4.78, 5) is 25.9. The van der Waals surface area contributed by atoms with Gasteiger partial charge in [-0.3, -0.25) is 9.36 Å². The number of nitrogens with zero attached hydrogens (tertiary/aromatic N) is 4. The molecular weight excluding hydrogens is 292 g/mol. The zero-order chi connectivity index (χ0) is 16.4. The molecule has 6 heteroatoms. The molecule has 2 aromatic rings. The predicted octanol–water partition coefficient (Wildman–Crippen LogP) is 1.36. The van der Waals surface area contributed by atoms with Crippen LogP contribution in [0.2, 0.25) is 0 Å². The highest BCUT2D eigenvalue weighted by molar-refractivity contribution is 5.73. The van der Waals surface area contributed by atoms with Gasteiger partial charge in [0.05, 0.1) is 6.54 Å². The molecule has 1 unspecified atom stereocenters. The molecule has 2 heterocycles. The number of amides is 1. The summed E-state index contributed by atoms with van der Waals surface area (Å²) in [7, 11) is 1.68. The summed E-state index contributed by atoms with van der Waals surface area (Å²) in [6, 6.07) is 9.91. The average molecular weight is 314 g/mol. The van der Waals surface area contributed by atoms with E-state index < -0.39 is 0 Å². The fourth-order valence-electron chi connectivity index (χ4n) is 3.21. The third-order valence-electron chi connectivity index (χ3n) is 4.45. The summed E-state index contributed by atoms with van der Waals surface area (Å²) in [5.41, 5.74) is 0.965. The van der Waals surface area contributed by atoms with Crippen LogP contribution in [0.15, 0.2) is 35.1 Å². The minimum absolute atomic E-state index is 0.0857. The first-order valence-electron chi connectivity index (χ1n) is 7.99. The van der Waals surface area contributed by atoms with Crippen molar-refractivity contribution in [1.29, 1.82) is 0 Å². The summed E-state index contributed by atoms with van der Waals surface area (Å²) >= 11 is 0. The Morgan fingerprint density at radius 2 is 2.04 bits per heavy atom. The topological polar surface area (TPSA) is 60.1 Å². The Kier molecular flexibility index (Phi) is 4.32. The lowest BCUT2D eigenvalue weighted by atomic mass is 9.97. The number of hydrogen-bond donors (Lipinski definition) is 0. The molecule has 23 heavy (non-hydrogen) atoms. The molecule has 0 bridgehead atoms. The van der Waals surface area contributed by atoms with E-state index in [2.05, 4.69) is 5.10 Å². The molecule has 1 aliphatic heterocycles. The van der Waals surface area contributed by atoms with Crippen LogP contribution < -0.4 is 5.69 Å². The van der Waals surface area contributed by atoms with Gasteiger partial charge in [0, 0.05) is 33.0 Å². The number of carbonyl (C=O) groups excluding carboxylic acids is 1. The van der Waals surface area contributed by atoms with E-state index in [0.717, 1.165) is 30.8 Å². The number of carbonyl (C=O) groups is 1. The summed E-state index contributed by atoms with van der Waals surface area (Å²) in [6.07, 6.45) is 1.90. The van der Waals surface area contributed by atoms with Crippen molar-refractivity contribution in [2.45, 2.75) is 32.2 Å². The van der Waals surface area contributed by atoms with E-state index in [4.69, 9.17) is 0 Å². The maximum atomic E-state index is 12.4. The van der Waals surface area contributed by atoms with E-state index in [9.17, 15) is 9.59 Å². The molecular formula is C17H22N4O2. The molecule has 0 N–H and O–H groups in total. The molecule has 0 aliphatic carbocycles. The Labute approximate surface area is 135 Å². The number of rotatable bonds is 3. The van der Waals surface area contributed by atoms with Crippen LogP contribution in [0.5, 0.6) is 0 Å². The normalized spacial score (nSPS) is 18.2. The second kappa shape index (κ2) is 6.40. The first kappa shape index (κ1) is 15.5. The van der Waals surface area contributed by atoms with Gasteiger partial charge in [-0.1, -0.05) is 30.3 Å². The van der Waals surface area contributed by atoms with Gasteiger partial charge in [0.15, 0.2) is 0 Å². The second-order valence-electron chi connectivity index (χ2n) is 6.14. The summed E-state index contributed by atoms with van der Waals surface area (Å²) in [5.74, 6) is 0.986. The van der Waals surface area contributed by atoms with Crippen molar-refractivity contribution in [2.24, 2.45) is 7.05 Å². The van der Waals surface area contributed by atoms with Gasteiger partial charge in [0.2, 0.25) is 5.91 Å². The summed E-state index contributed by atoms with van der Waals surface area (Å²) < 4.78 is 3.13. The fraction of sp³-hybridized carbons (Fsp3) is 0.471. The smallest absolute Gasteiger partial charge is 0.342 e. The summed E-state index contributed by atoms with van der Waals surface area (Å²) in [6.45, 7) is 3.54. The molecule has 0 saturated carbocycles.